The van der Waals surface area contributed by atoms with Crippen molar-refractivity contribution in [1.29, 1.82) is 0 Å². The van der Waals surface area contributed by atoms with Crippen LogP contribution < -0.4 is 15.2 Å². The number of rotatable bonds is 8. The van der Waals surface area contributed by atoms with Gasteiger partial charge in [-0.1, -0.05) is 24.3 Å². The highest BCUT2D eigenvalue weighted by Crippen LogP contribution is 2.15. The fraction of sp³-hybridized carbons (Fsp3) is 0.263. The molecule has 0 aliphatic heterocycles. The van der Waals surface area contributed by atoms with Crippen LogP contribution in [0.4, 0.5) is 0 Å². The zero-order valence-electron chi connectivity index (χ0n) is 15.5. The minimum Gasteiger partial charge on any atom is -0.497 e. The first kappa shape index (κ1) is 21.4. The van der Waals surface area contributed by atoms with Gasteiger partial charge < -0.3 is 14.8 Å². The first-order valence-corrected chi connectivity index (χ1v) is 9.94. The molecule has 1 atom stereocenters. The molecule has 0 spiro atoms. The van der Waals surface area contributed by atoms with Crippen molar-refractivity contribution in [1.82, 2.24) is 5.32 Å². The molecule has 0 saturated heterocycles. The summed E-state index contributed by atoms with van der Waals surface area (Å²) >= 11 is 0. The largest absolute Gasteiger partial charge is 0.497 e. The maximum atomic E-state index is 12.0. The van der Waals surface area contributed by atoms with Gasteiger partial charge in [0.25, 0.3) is 5.91 Å². The maximum Gasteiger partial charge on any atom is 0.310 e. The number of benzene rings is 2. The predicted molar refractivity (Wildman–Crippen MR) is 102 cm³/mol. The number of carbonyl (C=O) groups is 2. The molecule has 0 aliphatic carbocycles. The highest BCUT2D eigenvalue weighted by Gasteiger charge is 2.14. The van der Waals surface area contributed by atoms with E-state index in [9.17, 15) is 18.0 Å². The molecule has 28 heavy (non-hydrogen) atoms. The van der Waals surface area contributed by atoms with Crippen LogP contribution in [0.25, 0.3) is 0 Å². The van der Waals surface area contributed by atoms with E-state index in [2.05, 4.69) is 5.32 Å². The van der Waals surface area contributed by atoms with Crippen molar-refractivity contribution in [3.8, 4) is 5.75 Å². The van der Waals surface area contributed by atoms with E-state index >= 15 is 0 Å². The molecule has 8 nitrogen and oxygen atoms in total. The molecule has 3 N–H and O–H groups in total. The smallest absolute Gasteiger partial charge is 0.310 e. The second-order valence-electron chi connectivity index (χ2n) is 6.09. The normalized spacial score (nSPS) is 12.1. The number of carbonyl (C=O) groups excluding carboxylic acids is 2. The molecular weight excluding hydrogens is 384 g/mol. The lowest BCUT2D eigenvalue weighted by Gasteiger charge is -2.15. The van der Waals surface area contributed by atoms with Crippen LogP contribution in [0.15, 0.2) is 53.4 Å². The Hall–Kier alpha value is -2.91. The Bertz CT molecular complexity index is 924. The summed E-state index contributed by atoms with van der Waals surface area (Å²) in [6.07, 6.45) is 0.0435. The second kappa shape index (κ2) is 9.34. The highest BCUT2D eigenvalue weighted by molar-refractivity contribution is 7.89. The summed E-state index contributed by atoms with van der Waals surface area (Å²) in [4.78, 5) is 23.8. The van der Waals surface area contributed by atoms with Crippen LogP contribution in [-0.2, 0) is 30.8 Å². The zero-order chi connectivity index (χ0) is 20.7. The van der Waals surface area contributed by atoms with E-state index in [0.717, 1.165) is 5.56 Å². The molecule has 0 radical (unpaired) electrons. The summed E-state index contributed by atoms with van der Waals surface area (Å²) in [5, 5.41) is 7.72. The fourth-order valence-electron chi connectivity index (χ4n) is 2.42. The molecule has 1 amide bonds. The van der Waals surface area contributed by atoms with Gasteiger partial charge in [0, 0.05) is 0 Å². The van der Waals surface area contributed by atoms with Crippen LogP contribution in [-0.4, -0.2) is 34.0 Å². The van der Waals surface area contributed by atoms with Crippen LogP contribution in [0.3, 0.4) is 0 Å². The van der Waals surface area contributed by atoms with Gasteiger partial charge in [-0.05, 0) is 42.3 Å². The summed E-state index contributed by atoms with van der Waals surface area (Å²) in [5.74, 6) is -0.306. The third kappa shape index (κ3) is 6.36. The van der Waals surface area contributed by atoms with Crippen molar-refractivity contribution in [3.63, 3.8) is 0 Å². The fourth-order valence-corrected chi connectivity index (χ4v) is 2.94. The van der Waals surface area contributed by atoms with Gasteiger partial charge >= 0.3 is 5.97 Å². The lowest BCUT2D eigenvalue weighted by atomic mass is 10.1. The third-order valence-electron chi connectivity index (χ3n) is 3.96. The van der Waals surface area contributed by atoms with Crippen molar-refractivity contribution in [2.75, 3.05) is 13.7 Å². The van der Waals surface area contributed by atoms with Gasteiger partial charge in [0.1, 0.15) is 5.75 Å². The van der Waals surface area contributed by atoms with Gasteiger partial charge in [0.2, 0.25) is 10.0 Å². The molecule has 0 bridgehead atoms. The minimum atomic E-state index is -3.77. The lowest BCUT2D eigenvalue weighted by Crippen LogP contribution is -2.31. The number of nitrogens with one attached hydrogen (secondary N) is 1. The van der Waals surface area contributed by atoms with E-state index in [1.807, 2.05) is 0 Å². The Labute approximate surface area is 163 Å². The van der Waals surface area contributed by atoms with E-state index in [0.29, 0.717) is 11.3 Å². The molecule has 0 aromatic heterocycles. The molecule has 0 unspecified atom stereocenters. The van der Waals surface area contributed by atoms with Gasteiger partial charge in [-0.15, -0.1) is 0 Å². The Morgan fingerprint density at radius 2 is 1.68 bits per heavy atom. The standard InChI is InChI=1S/C19H22N2O6S/c1-13(15-5-9-17(10-6-15)28(20,24)25)21-18(22)12-27-19(23)11-14-3-7-16(26-2)8-4-14/h3-10,13H,11-12H2,1-2H3,(H,21,22)(H2,20,24,25)/t13-/m0/s1. The van der Waals surface area contributed by atoms with Crippen LogP contribution in [0.2, 0.25) is 0 Å². The first-order valence-electron chi connectivity index (χ1n) is 8.39. The van der Waals surface area contributed by atoms with Crippen LogP contribution in [0.1, 0.15) is 24.1 Å². The van der Waals surface area contributed by atoms with Crippen LogP contribution >= 0.6 is 0 Å². The van der Waals surface area contributed by atoms with E-state index in [-0.39, 0.29) is 11.3 Å². The van der Waals surface area contributed by atoms with Crippen molar-refractivity contribution >= 4 is 21.9 Å². The molecular formula is C19H22N2O6S. The Kier molecular flexibility index (Phi) is 7.13. The van der Waals surface area contributed by atoms with Gasteiger partial charge in [-0.3, -0.25) is 9.59 Å². The van der Waals surface area contributed by atoms with Crippen molar-refractivity contribution in [2.45, 2.75) is 24.3 Å². The van der Waals surface area contributed by atoms with Crippen molar-refractivity contribution < 1.29 is 27.5 Å². The summed E-state index contributed by atoms with van der Waals surface area (Å²) in [7, 11) is -2.22. The van der Waals surface area contributed by atoms with E-state index < -0.39 is 34.5 Å². The van der Waals surface area contributed by atoms with Crippen LogP contribution in [0.5, 0.6) is 5.75 Å². The molecule has 0 saturated carbocycles. The zero-order valence-corrected chi connectivity index (χ0v) is 16.4. The lowest BCUT2D eigenvalue weighted by molar-refractivity contribution is -0.148. The Morgan fingerprint density at radius 1 is 1.07 bits per heavy atom. The number of esters is 1. The van der Waals surface area contributed by atoms with Crippen molar-refractivity contribution in [2.24, 2.45) is 5.14 Å². The summed E-state index contributed by atoms with van der Waals surface area (Å²) in [6.45, 7) is 1.32. The number of amides is 1. The molecule has 0 fully saturated rings. The summed E-state index contributed by atoms with van der Waals surface area (Å²) < 4.78 is 32.5. The number of primary sulfonamides is 1. The molecule has 0 heterocycles. The molecule has 0 aliphatic rings. The monoisotopic (exact) mass is 406 g/mol. The minimum absolute atomic E-state index is 0.0118. The van der Waals surface area contributed by atoms with Crippen molar-refractivity contribution in [3.05, 3.63) is 59.7 Å². The van der Waals surface area contributed by atoms with E-state index in [4.69, 9.17) is 14.6 Å². The topological polar surface area (TPSA) is 125 Å². The maximum absolute atomic E-state index is 12.0. The molecule has 150 valence electrons. The number of methoxy groups -OCH3 is 1. The second-order valence-corrected chi connectivity index (χ2v) is 7.65. The van der Waals surface area contributed by atoms with E-state index in [1.54, 1.807) is 50.4 Å². The first-order chi connectivity index (χ1) is 13.2. The summed E-state index contributed by atoms with van der Waals surface area (Å²) in [5.41, 5.74) is 1.43. The molecule has 2 rings (SSSR count). The Balaban J connectivity index is 1.81. The number of hydrogen-bond acceptors (Lipinski definition) is 6. The highest BCUT2D eigenvalue weighted by atomic mass is 32.2. The van der Waals surface area contributed by atoms with Gasteiger partial charge in [-0.2, -0.15) is 0 Å². The Morgan fingerprint density at radius 3 is 2.21 bits per heavy atom. The van der Waals surface area contributed by atoms with Crippen LogP contribution in [0, 0.1) is 0 Å². The van der Waals surface area contributed by atoms with Gasteiger partial charge in [0.05, 0.1) is 24.5 Å². The summed E-state index contributed by atoms with van der Waals surface area (Å²) in [6, 6.07) is 12.4. The number of sulfonamides is 1. The average Bonchev–Trinajstić information content (AvgIpc) is 2.66. The predicted octanol–water partition coefficient (Wildman–Crippen LogP) is 1.31. The molecule has 2 aromatic rings. The third-order valence-corrected chi connectivity index (χ3v) is 4.89. The molecule has 2 aromatic carbocycles. The number of ether oxygens (including phenoxy) is 2. The van der Waals surface area contributed by atoms with Gasteiger partial charge in [-0.25, -0.2) is 13.6 Å². The van der Waals surface area contributed by atoms with Gasteiger partial charge in [0.15, 0.2) is 6.61 Å². The molecule has 9 heteroatoms. The quantitative estimate of drug-likeness (QED) is 0.637. The number of nitrogens with two attached hydrogens (primary N) is 1. The van der Waals surface area contributed by atoms with E-state index in [1.165, 1.54) is 12.1 Å². The number of hydrogen-bond donors (Lipinski definition) is 2. The SMILES string of the molecule is COc1ccc(CC(=O)OCC(=O)N[C@@H](C)c2ccc(S(N)(=O)=O)cc2)cc1. The average molecular weight is 406 g/mol.